The van der Waals surface area contributed by atoms with E-state index < -0.39 is 10.0 Å². The Kier molecular flexibility index (Phi) is 6.22. The number of rotatable bonds is 7. The molecule has 1 fully saturated rings. The lowest BCUT2D eigenvalue weighted by Crippen LogP contribution is -2.36. The van der Waals surface area contributed by atoms with E-state index in [1.807, 2.05) is 12.1 Å². The Hall–Kier alpha value is -0.890. The number of alkyl halides is 1. The van der Waals surface area contributed by atoms with Gasteiger partial charge in [0.1, 0.15) is 5.82 Å². The van der Waals surface area contributed by atoms with Crippen LogP contribution in [0.2, 0.25) is 0 Å². The molecule has 8 heteroatoms. The first-order valence-electron chi connectivity index (χ1n) is 6.92. The Morgan fingerprint density at radius 3 is 2.71 bits per heavy atom. The molecule has 21 heavy (non-hydrogen) atoms. The molecule has 118 valence electrons. The molecule has 2 rings (SSSR count). The zero-order valence-electron chi connectivity index (χ0n) is 11.8. The van der Waals surface area contributed by atoms with Gasteiger partial charge in [-0.15, -0.1) is 11.6 Å². The Balaban J connectivity index is 1.87. The van der Waals surface area contributed by atoms with Crippen molar-refractivity contribution in [3.8, 4) is 0 Å². The van der Waals surface area contributed by atoms with Crippen LogP contribution in [0.1, 0.15) is 12.0 Å². The van der Waals surface area contributed by atoms with Crippen molar-refractivity contribution in [3.05, 3.63) is 23.9 Å². The average Bonchev–Trinajstić information content (AvgIpc) is 2.53. The molecule has 6 nitrogen and oxygen atoms in total. The fraction of sp³-hybridized carbons (Fsp3) is 0.615. The van der Waals surface area contributed by atoms with Gasteiger partial charge in [-0.05, 0) is 18.1 Å². The van der Waals surface area contributed by atoms with Gasteiger partial charge < -0.3 is 9.64 Å². The van der Waals surface area contributed by atoms with E-state index in [1.165, 1.54) is 0 Å². The zero-order valence-corrected chi connectivity index (χ0v) is 13.4. The number of anilines is 1. The molecule has 0 bridgehead atoms. The minimum atomic E-state index is -3.26. The van der Waals surface area contributed by atoms with Crippen LogP contribution in [0.5, 0.6) is 0 Å². The number of halogens is 1. The van der Waals surface area contributed by atoms with Crippen LogP contribution in [0.3, 0.4) is 0 Å². The Labute approximate surface area is 130 Å². The second-order valence-corrected chi connectivity index (χ2v) is 7.11. The predicted molar refractivity (Wildman–Crippen MR) is 83.2 cm³/mol. The number of aromatic nitrogens is 1. The quantitative estimate of drug-likeness (QED) is 0.753. The number of nitrogens with zero attached hydrogens (tertiary/aromatic N) is 2. The van der Waals surface area contributed by atoms with Gasteiger partial charge in [0.15, 0.2) is 0 Å². The molecule has 0 amide bonds. The molecule has 1 aliphatic heterocycles. The monoisotopic (exact) mass is 333 g/mol. The van der Waals surface area contributed by atoms with Crippen LogP contribution in [-0.2, 0) is 21.3 Å². The Morgan fingerprint density at radius 2 is 2.10 bits per heavy atom. The maximum atomic E-state index is 11.7. The summed E-state index contributed by atoms with van der Waals surface area (Å²) in [4.78, 5) is 6.53. The van der Waals surface area contributed by atoms with Crippen LogP contribution in [0.15, 0.2) is 18.3 Å². The van der Waals surface area contributed by atoms with Crippen molar-refractivity contribution in [1.82, 2.24) is 9.71 Å². The maximum Gasteiger partial charge on any atom is 0.211 e. The third kappa shape index (κ3) is 5.43. The van der Waals surface area contributed by atoms with Gasteiger partial charge in [-0.3, -0.25) is 0 Å². The molecule has 2 heterocycles. The number of pyridine rings is 1. The van der Waals surface area contributed by atoms with E-state index in [4.69, 9.17) is 16.3 Å². The summed E-state index contributed by atoms with van der Waals surface area (Å²) < 4.78 is 31.2. The lowest BCUT2D eigenvalue weighted by molar-refractivity contribution is 0.122. The first-order valence-corrected chi connectivity index (χ1v) is 9.10. The van der Waals surface area contributed by atoms with Gasteiger partial charge in [-0.25, -0.2) is 18.1 Å². The lowest BCUT2D eigenvalue weighted by atomic mass is 10.3. The van der Waals surface area contributed by atoms with Crippen LogP contribution in [0.25, 0.3) is 0 Å². The number of morpholine rings is 1. The third-order valence-electron chi connectivity index (χ3n) is 3.19. The first kappa shape index (κ1) is 16.5. The molecule has 0 atom stereocenters. The van der Waals surface area contributed by atoms with Gasteiger partial charge in [0.2, 0.25) is 10.0 Å². The maximum absolute atomic E-state index is 11.7. The standard InChI is InChI=1S/C13H20ClN3O3S/c14-4-1-9-21(18,19)16-11-12-2-3-13(15-10-12)17-5-7-20-8-6-17/h2-3,10,16H,1,4-9,11H2. The summed E-state index contributed by atoms with van der Waals surface area (Å²) >= 11 is 5.50. The van der Waals surface area contributed by atoms with E-state index in [0.717, 1.165) is 24.5 Å². The van der Waals surface area contributed by atoms with Crippen LogP contribution in [-0.4, -0.2) is 51.3 Å². The van der Waals surface area contributed by atoms with E-state index in [0.29, 0.717) is 25.5 Å². The number of hydrogen-bond donors (Lipinski definition) is 1. The third-order valence-corrected chi connectivity index (χ3v) is 4.86. The summed E-state index contributed by atoms with van der Waals surface area (Å²) in [5.41, 5.74) is 0.835. The molecule has 0 saturated carbocycles. The van der Waals surface area contributed by atoms with E-state index in [-0.39, 0.29) is 12.3 Å². The normalized spacial score (nSPS) is 16.1. The number of ether oxygens (including phenoxy) is 1. The first-order chi connectivity index (χ1) is 10.1. The van der Waals surface area contributed by atoms with Gasteiger partial charge in [-0.2, -0.15) is 0 Å². The zero-order chi connectivity index (χ0) is 15.1. The highest BCUT2D eigenvalue weighted by atomic mass is 35.5. The molecule has 1 saturated heterocycles. The van der Waals surface area contributed by atoms with E-state index in [1.54, 1.807) is 6.20 Å². The number of nitrogens with one attached hydrogen (secondary N) is 1. The van der Waals surface area contributed by atoms with E-state index in [9.17, 15) is 8.42 Å². The molecule has 1 N–H and O–H groups in total. The molecule has 1 aliphatic rings. The second-order valence-electron chi connectivity index (χ2n) is 4.81. The van der Waals surface area contributed by atoms with Gasteiger partial charge in [0.05, 0.1) is 19.0 Å². The van der Waals surface area contributed by atoms with Crippen molar-refractivity contribution in [3.63, 3.8) is 0 Å². The van der Waals surface area contributed by atoms with Gasteiger partial charge in [-0.1, -0.05) is 6.07 Å². The number of sulfonamides is 1. The van der Waals surface area contributed by atoms with Crippen LogP contribution >= 0.6 is 11.6 Å². The largest absolute Gasteiger partial charge is 0.378 e. The van der Waals surface area contributed by atoms with Crippen LogP contribution in [0.4, 0.5) is 5.82 Å². The van der Waals surface area contributed by atoms with Crippen molar-refractivity contribution in [2.75, 3.05) is 42.8 Å². The fourth-order valence-corrected chi connectivity index (χ4v) is 3.36. The smallest absolute Gasteiger partial charge is 0.211 e. The molecule has 1 aromatic rings. The van der Waals surface area contributed by atoms with Crippen molar-refractivity contribution < 1.29 is 13.2 Å². The molecular weight excluding hydrogens is 314 g/mol. The molecule has 0 radical (unpaired) electrons. The van der Waals surface area contributed by atoms with E-state index >= 15 is 0 Å². The minimum Gasteiger partial charge on any atom is -0.378 e. The van der Waals surface area contributed by atoms with E-state index in [2.05, 4.69) is 14.6 Å². The highest BCUT2D eigenvalue weighted by molar-refractivity contribution is 7.89. The van der Waals surface area contributed by atoms with Crippen molar-refractivity contribution >= 4 is 27.4 Å². The van der Waals surface area contributed by atoms with Gasteiger partial charge in [0, 0.05) is 31.7 Å². The SMILES string of the molecule is O=S(=O)(CCCCl)NCc1ccc(N2CCOCC2)nc1. The summed E-state index contributed by atoms with van der Waals surface area (Å²) in [5, 5.41) is 0. The molecule has 1 aromatic heterocycles. The molecule has 0 spiro atoms. The van der Waals surface area contributed by atoms with Gasteiger partial charge >= 0.3 is 0 Å². The van der Waals surface area contributed by atoms with Crippen molar-refractivity contribution in [2.45, 2.75) is 13.0 Å². The average molecular weight is 334 g/mol. The fourth-order valence-electron chi connectivity index (χ4n) is 2.01. The second kappa shape index (κ2) is 7.93. The summed E-state index contributed by atoms with van der Waals surface area (Å²) in [6.07, 6.45) is 2.15. The van der Waals surface area contributed by atoms with Gasteiger partial charge in [0.25, 0.3) is 0 Å². The Morgan fingerprint density at radius 1 is 1.33 bits per heavy atom. The predicted octanol–water partition coefficient (Wildman–Crippen LogP) is 0.966. The molecule has 0 aliphatic carbocycles. The Bertz CT molecular complexity index is 530. The summed E-state index contributed by atoms with van der Waals surface area (Å²) in [6.45, 7) is 3.34. The summed E-state index contributed by atoms with van der Waals surface area (Å²) in [6, 6.07) is 3.80. The van der Waals surface area contributed by atoms with Crippen LogP contribution < -0.4 is 9.62 Å². The summed E-state index contributed by atoms with van der Waals surface area (Å²) in [7, 11) is -3.26. The highest BCUT2D eigenvalue weighted by Crippen LogP contribution is 2.13. The topological polar surface area (TPSA) is 71.5 Å². The summed E-state index contributed by atoms with van der Waals surface area (Å²) in [5.74, 6) is 1.29. The van der Waals surface area contributed by atoms with Crippen LogP contribution in [0, 0.1) is 0 Å². The molecule has 0 aromatic carbocycles. The highest BCUT2D eigenvalue weighted by Gasteiger charge is 2.13. The molecule has 0 unspecified atom stereocenters. The lowest BCUT2D eigenvalue weighted by Gasteiger charge is -2.27. The van der Waals surface area contributed by atoms with Crippen molar-refractivity contribution in [1.29, 1.82) is 0 Å². The van der Waals surface area contributed by atoms with Crippen molar-refractivity contribution in [2.24, 2.45) is 0 Å². The number of hydrogen-bond acceptors (Lipinski definition) is 5. The minimum absolute atomic E-state index is 0.0514. The molecular formula is C13H20ClN3O3S.